The molecule has 166 valence electrons. The van der Waals surface area contributed by atoms with Crippen LogP contribution in [0.4, 0.5) is 0 Å². The minimum Gasteiger partial charge on any atom is -0.489 e. The number of halogens is 1. The van der Waals surface area contributed by atoms with E-state index in [4.69, 9.17) is 9.72 Å². The van der Waals surface area contributed by atoms with Crippen molar-refractivity contribution >= 4 is 27.0 Å². The maximum atomic E-state index is 6.22. The molecule has 0 saturated carbocycles. The number of rotatable bonds is 7. The molecule has 0 spiro atoms. The van der Waals surface area contributed by atoms with E-state index in [1.165, 1.54) is 16.7 Å². The van der Waals surface area contributed by atoms with Crippen molar-refractivity contribution in [1.29, 1.82) is 0 Å². The summed E-state index contributed by atoms with van der Waals surface area (Å²) >= 11 is 3.72. The van der Waals surface area contributed by atoms with Crippen LogP contribution in [0.2, 0.25) is 0 Å². The molecule has 0 saturated heterocycles. The molecule has 0 amide bonds. The number of imidazole rings is 1. The number of fused-ring (bicyclic) bond motifs is 1. The number of nitrogens with zero attached hydrogens (tertiary/aromatic N) is 3. The van der Waals surface area contributed by atoms with Gasteiger partial charge < -0.3 is 14.2 Å². The van der Waals surface area contributed by atoms with Gasteiger partial charge in [0.15, 0.2) is 0 Å². The van der Waals surface area contributed by atoms with Crippen molar-refractivity contribution in [3.63, 3.8) is 0 Å². The zero-order chi connectivity index (χ0) is 22.8. The van der Waals surface area contributed by atoms with Crippen LogP contribution in [0.15, 0.2) is 65.1 Å². The molecule has 0 N–H and O–H groups in total. The Bertz CT molecular complexity index is 1250. The number of hydrogen-bond donors (Lipinski definition) is 0. The van der Waals surface area contributed by atoms with Crippen LogP contribution in [0, 0.1) is 13.8 Å². The molecule has 0 aliphatic heterocycles. The van der Waals surface area contributed by atoms with Crippen LogP contribution in [0.1, 0.15) is 23.6 Å². The maximum Gasteiger partial charge on any atom is 0.141 e. The molecule has 32 heavy (non-hydrogen) atoms. The highest BCUT2D eigenvalue weighted by atomic mass is 79.9. The number of hydrogen-bond acceptors (Lipinski definition) is 3. The van der Waals surface area contributed by atoms with Gasteiger partial charge in [0.1, 0.15) is 17.7 Å². The van der Waals surface area contributed by atoms with Gasteiger partial charge in [-0.3, -0.25) is 0 Å². The van der Waals surface area contributed by atoms with E-state index in [1.54, 1.807) is 0 Å². The first kappa shape index (κ1) is 22.6. The number of benzene rings is 3. The summed E-state index contributed by atoms with van der Waals surface area (Å²) in [4.78, 5) is 7.17. The molecule has 1 heterocycles. The molecular formula is C27H30BrN3O. The van der Waals surface area contributed by atoms with Crippen molar-refractivity contribution in [3.8, 4) is 17.1 Å². The van der Waals surface area contributed by atoms with Crippen LogP contribution in [0.25, 0.3) is 22.4 Å². The molecule has 1 atom stereocenters. The topological polar surface area (TPSA) is 30.3 Å². The summed E-state index contributed by atoms with van der Waals surface area (Å²) in [6.07, 6.45) is 0.0984. The summed E-state index contributed by atoms with van der Waals surface area (Å²) in [5, 5.41) is 0. The molecular weight excluding hydrogens is 462 g/mol. The Hall–Kier alpha value is -2.63. The fourth-order valence-corrected chi connectivity index (χ4v) is 4.43. The van der Waals surface area contributed by atoms with Crippen LogP contribution in [-0.4, -0.2) is 41.2 Å². The van der Waals surface area contributed by atoms with Crippen molar-refractivity contribution in [3.05, 3.63) is 81.8 Å². The van der Waals surface area contributed by atoms with Gasteiger partial charge in [0.2, 0.25) is 0 Å². The van der Waals surface area contributed by atoms with Gasteiger partial charge in [0.25, 0.3) is 0 Å². The lowest BCUT2D eigenvalue weighted by atomic mass is 10.1. The standard InChI is InChI=1S/C27H30BrN3O/c1-18-10-11-21(14-19(18)2)27-29-25-13-12-23(32-20(3)16-30(4)5)15-26(25)31(27)17-22-8-6-7-9-24(22)28/h6-15,20H,16-17H2,1-5H3. The van der Waals surface area contributed by atoms with Crippen LogP contribution in [0.3, 0.4) is 0 Å². The molecule has 0 radical (unpaired) electrons. The Morgan fingerprint density at radius 3 is 2.50 bits per heavy atom. The number of aryl methyl sites for hydroxylation is 2. The molecule has 3 aromatic carbocycles. The van der Waals surface area contributed by atoms with Crippen molar-refractivity contribution in [2.24, 2.45) is 0 Å². The Balaban J connectivity index is 1.82. The Morgan fingerprint density at radius 2 is 1.78 bits per heavy atom. The van der Waals surface area contributed by atoms with Crippen LogP contribution < -0.4 is 4.74 Å². The predicted octanol–water partition coefficient (Wildman–Crippen LogP) is 6.46. The van der Waals surface area contributed by atoms with Gasteiger partial charge in [-0.05, 0) is 75.8 Å². The van der Waals surface area contributed by atoms with Crippen molar-refractivity contribution in [2.75, 3.05) is 20.6 Å². The lowest BCUT2D eigenvalue weighted by Crippen LogP contribution is -2.27. The number of ether oxygens (including phenoxy) is 1. The molecule has 1 aromatic heterocycles. The second-order valence-corrected chi connectivity index (χ2v) is 9.61. The van der Waals surface area contributed by atoms with E-state index < -0.39 is 0 Å². The maximum absolute atomic E-state index is 6.22. The molecule has 5 heteroatoms. The van der Waals surface area contributed by atoms with Gasteiger partial charge in [0.05, 0.1) is 17.6 Å². The van der Waals surface area contributed by atoms with Crippen molar-refractivity contribution < 1.29 is 4.74 Å². The van der Waals surface area contributed by atoms with E-state index >= 15 is 0 Å². The highest BCUT2D eigenvalue weighted by Gasteiger charge is 2.16. The molecule has 0 aliphatic carbocycles. The minimum absolute atomic E-state index is 0.0984. The summed E-state index contributed by atoms with van der Waals surface area (Å²) in [6.45, 7) is 7.97. The third-order valence-corrected chi connectivity index (χ3v) is 6.50. The zero-order valence-corrected chi connectivity index (χ0v) is 21.0. The fourth-order valence-electron chi connectivity index (χ4n) is 4.02. The highest BCUT2D eigenvalue weighted by Crippen LogP contribution is 2.31. The van der Waals surface area contributed by atoms with E-state index in [0.717, 1.165) is 45.7 Å². The normalized spacial score (nSPS) is 12.5. The average Bonchev–Trinajstić information content (AvgIpc) is 3.09. The van der Waals surface area contributed by atoms with E-state index in [-0.39, 0.29) is 6.10 Å². The largest absolute Gasteiger partial charge is 0.489 e. The second kappa shape index (κ2) is 9.47. The third-order valence-electron chi connectivity index (χ3n) is 5.73. The third kappa shape index (κ3) is 4.89. The summed E-state index contributed by atoms with van der Waals surface area (Å²) in [5.41, 5.74) is 6.93. The van der Waals surface area contributed by atoms with E-state index in [0.29, 0.717) is 0 Å². The Kier molecular flexibility index (Phi) is 6.68. The van der Waals surface area contributed by atoms with Crippen molar-refractivity contribution in [1.82, 2.24) is 14.5 Å². The van der Waals surface area contributed by atoms with E-state index in [1.807, 2.05) is 12.1 Å². The smallest absolute Gasteiger partial charge is 0.141 e. The molecule has 0 bridgehead atoms. The first-order valence-corrected chi connectivity index (χ1v) is 11.7. The molecule has 1 unspecified atom stereocenters. The van der Waals surface area contributed by atoms with Crippen LogP contribution in [0.5, 0.6) is 5.75 Å². The van der Waals surface area contributed by atoms with Gasteiger partial charge in [-0.25, -0.2) is 4.98 Å². The molecule has 4 nitrogen and oxygen atoms in total. The Labute approximate surface area is 199 Å². The predicted molar refractivity (Wildman–Crippen MR) is 137 cm³/mol. The van der Waals surface area contributed by atoms with E-state index in [2.05, 4.69) is 109 Å². The highest BCUT2D eigenvalue weighted by molar-refractivity contribution is 9.10. The van der Waals surface area contributed by atoms with Crippen LogP contribution in [-0.2, 0) is 6.54 Å². The fraction of sp³-hybridized carbons (Fsp3) is 0.296. The summed E-state index contributed by atoms with van der Waals surface area (Å²) < 4.78 is 9.61. The van der Waals surface area contributed by atoms with Crippen LogP contribution >= 0.6 is 15.9 Å². The summed E-state index contributed by atoms with van der Waals surface area (Å²) in [7, 11) is 4.12. The van der Waals surface area contributed by atoms with Gasteiger partial charge in [0, 0.05) is 22.6 Å². The Morgan fingerprint density at radius 1 is 1.00 bits per heavy atom. The zero-order valence-electron chi connectivity index (χ0n) is 19.4. The summed E-state index contributed by atoms with van der Waals surface area (Å²) in [6, 6.07) is 21.1. The SMILES string of the molecule is Cc1ccc(-c2nc3ccc(OC(C)CN(C)C)cc3n2Cc2ccccc2Br)cc1C. The lowest BCUT2D eigenvalue weighted by Gasteiger charge is -2.19. The quantitative estimate of drug-likeness (QED) is 0.297. The van der Waals surface area contributed by atoms with Gasteiger partial charge in [-0.15, -0.1) is 0 Å². The minimum atomic E-state index is 0.0984. The average molecular weight is 492 g/mol. The number of likely N-dealkylation sites (N-methyl/N-ethyl adjacent to an activating group) is 1. The molecule has 4 rings (SSSR count). The van der Waals surface area contributed by atoms with E-state index in [9.17, 15) is 0 Å². The second-order valence-electron chi connectivity index (χ2n) is 8.75. The molecule has 4 aromatic rings. The number of aromatic nitrogens is 2. The molecule has 0 fully saturated rings. The van der Waals surface area contributed by atoms with Gasteiger partial charge >= 0.3 is 0 Å². The van der Waals surface area contributed by atoms with Gasteiger partial charge in [-0.2, -0.15) is 0 Å². The molecule has 0 aliphatic rings. The first-order chi connectivity index (χ1) is 15.3. The van der Waals surface area contributed by atoms with Crippen molar-refractivity contribution in [2.45, 2.75) is 33.4 Å². The van der Waals surface area contributed by atoms with Gasteiger partial charge in [-0.1, -0.05) is 46.3 Å². The lowest BCUT2D eigenvalue weighted by molar-refractivity contribution is 0.177. The summed E-state index contributed by atoms with van der Waals surface area (Å²) in [5.74, 6) is 1.84. The first-order valence-electron chi connectivity index (χ1n) is 10.9. The monoisotopic (exact) mass is 491 g/mol.